The zero-order valence-corrected chi connectivity index (χ0v) is 21.0. The maximum Gasteiger partial charge on any atom is 0.265 e. The maximum absolute atomic E-state index is 13.2. The Morgan fingerprint density at radius 2 is 1.50 bits per heavy atom. The predicted octanol–water partition coefficient (Wildman–Crippen LogP) is 6.11. The largest absolute Gasteiger partial charge is 0.309 e. The molecule has 1 saturated heterocycles. The Hall–Kier alpha value is -4.00. The van der Waals surface area contributed by atoms with Crippen molar-refractivity contribution >= 4 is 46.8 Å². The summed E-state index contributed by atoms with van der Waals surface area (Å²) in [6.07, 6.45) is 1.66. The Morgan fingerprint density at radius 1 is 0.889 bits per heavy atom. The van der Waals surface area contributed by atoms with Crippen molar-refractivity contribution in [3.63, 3.8) is 0 Å². The normalized spacial score (nSPS) is 14.9. The molecule has 5 rings (SSSR count). The van der Waals surface area contributed by atoms with Gasteiger partial charge in [-0.1, -0.05) is 72.3 Å². The molecule has 0 bridgehead atoms. The summed E-state index contributed by atoms with van der Waals surface area (Å²) in [5.74, 6) is -0.917. The van der Waals surface area contributed by atoms with E-state index in [0.29, 0.717) is 11.6 Å². The van der Waals surface area contributed by atoms with Crippen LogP contribution < -0.4 is 5.32 Å². The van der Waals surface area contributed by atoms with Gasteiger partial charge in [-0.05, 0) is 66.7 Å². The third-order valence-corrected chi connectivity index (χ3v) is 6.61. The highest BCUT2D eigenvalue weighted by molar-refractivity contribution is 7.80. The molecular weight excluding hydrogens is 490 g/mol. The Bertz CT molecular complexity index is 1490. The van der Waals surface area contributed by atoms with E-state index < -0.39 is 11.8 Å². The second kappa shape index (κ2) is 9.93. The average molecular weight is 512 g/mol. The summed E-state index contributed by atoms with van der Waals surface area (Å²) in [5, 5.41) is 3.40. The number of halogens is 1. The van der Waals surface area contributed by atoms with E-state index in [1.807, 2.05) is 97.9 Å². The van der Waals surface area contributed by atoms with Crippen LogP contribution in [0, 0.1) is 0 Å². The number of nitrogens with zero attached hydrogens (tertiary/aromatic N) is 2. The molecule has 7 heteroatoms. The van der Waals surface area contributed by atoms with E-state index in [9.17, 15) is 9.59 Å². The molecular formula is C29H22ClN3O2S. The monoisotopic (exact) mass is 511 g/mol. The summed E-state index contributed by atoms with van der Waals surface area (Å²) in [4.78, 5) is 27.4. The van der Waals surface area contributed by atoms with Gasteiger partial charge in [0.25, 0.3) is 11.8 Å². The van der Waals surface area contributed by atoms with Crippen LogP contribution in [0.25, 0.3) is 34.3 Å². The molecule has 1 aliphatic heterocycles. The number of carbonyl (C=O) groups excluding carboxylic acids is 2. The number of nitrogens with one attached hydrogen (secondary N) is 1. The number of amides is 2. The molecule has 178 valence electrons. The molecule has 4 aromatic rings. The van der Waals surface area contributed by atoms with Crippen molar-refractivity contribution in [1.29, 1.82) is 0 Å². The first kappa shape index (κ1) is 23.7. The van der Waals surface area contributed by atoms with Gasteiger partial charge in [-0.3, -0.25) is 19.8 Å². The molecule has 3 aromatic carbocycles. The molecule has 0 aliphatic carbocycles. The number of carbonyl (C=O) groups is 2. The van der Waals surface area contributed by atoms with Gasteiger partial charge >= 0.3 is 0 Å². The lowest BCUT2D eigenvalue weighted by Crippen LogP contribution is -2.53. The van der Waals surface area contributed by atoms with Crippen LogP contribution in [0.1, 0.15) is 12.5 Å². The number of rotatable bonds is 5. The van der Waals surface area contributed by atoms with E-state index in [0.717, 1.165) is 33.8 Å². The molecule has 1 aliphatic rings. The van der Waals surface area contributed by atoms with E-state index in [1.54, 1.807) is 6.08 Å². The lowest BCUT2D eigenvalue weighted by atomic mass is 10.0. The van der Waals surface area contributed by atoms with Crippen LogP contribution in [0.3, 0.4) is 0 Å². The first-order valence-electron chi connectivity index (χ1n) is 11.5. The lowest BCUT2D eigenvalue weighted by Gasteiger charge is -2.27. The minimum absolute atomic E-state index is 0.0375. The standard InChI is InChI=1S/C29H22ClN3O2S/c1-2-32-28(35)24(27(34)31-29(32)36)17-21-18-25(19-9-5-3-6-10-19)33(23-15-13-22(30)14-16-23)26(21)20-11-7-4-8-12-20/h3-18H,2H2,1H3,(H,31,34,36)/b24-17-. The molecule has 1 fully saturated rings. The molecule has 0 radical (unpaired) electrons. The molecule has 0 unspecified atom stereocenters. The highest BCUT2D eigenvalue weighted by atomic mass is 35.5. The molecule has 1 aromatic heterocycles. The van der Waals surface area contributed by atoms with Crippen LogP contribution in [-0.2, 0) is 9.59 Å². The highest BCUT2D eigenvalue weighted by Gasteiger charge is 2.33. The summed E-state index contributed by atoms with van der Waals surface area (Å²) >= 11 is 11.4. The summed E-state index contributed by atoms with van der Waals surface area (Å²) in [6.45, 7) is 2.18. The maximum atomic E-state index is 13.2. The van der Waals surface area contributed by atoms with Crippen LogP contribution in [0.15, 0.2) is 96.6 Å². The van der Waals surface area contributed by atoms with Gasteiger partial charge in [0.05, 0.1) is 11.4 Å². The smallest absolute Gasteiger partial charge is 0.265 e. The van der Waals surface area contributed by atoms with E-state index in [2.05, 4.69) is 9.88 Å². The predicted molar refractivity (Wildman–Crippen MR) is 148 cm³/mol. The minimum Gasteiger partial charge on any atom is -0.309 e. The fourth-order valence-corrected chi connectivity index (χ4v) is 4.78. The van der Waals surface area contributed by atoms with Crippen LogP contribution in [0.2, 0.25) is 5.02 Å². The quantitative estimate of drug-likeness (QED) is 0.200. The summed E-state index contributed by atoms with van der Waals surface area (Å²) in [5.41, 5.74) is 5.36. The molecule has 0 saturated carbocycles. The lowest BCUT2D eigenvalue weighted by molar-refractivity contribution is -0.128. The highest BCUT2D eigenvalue weighted by Crippen LogP contribution is 2.37. The van der Waals surface area contributed by atoms with E-state index in [-0.39, 0.29) is 10.7 Å². The third kappa shape index (κ3) is 4.37. The van der Waals surface area contributed by atoms with Gasteiger partial charge in [0.15, 0.2) is 5.11 Å². The van der Waals surface area contributed by atoms with Crippen LogP contribution in [-0.4, -0.2) is 32.9 Å². The van der Waals surface area contributed by atoms with Gasteiger partial charge in [0.1, 0.15) is 5.57 Å². The SMILES string of the molecule is CCN1C(=O)/C(=C\c2cc(-c3ccccc3)n(-c3ccc(Cl)cc3)c2-c2ccccc2)C(=O)NC1=S. The number of likely N-dealkylation sites (N-methyl/N-ethyl adjacent to an activating group) is 1. The number of benzene rings is 3. The zero-order chi connectivity index (χ0) is 25.2. The minimum atomic E-state index is -0.505. The van der Waals surface area contributed by atoms with E-state index >= 15 is 0 Å². The number of hydrogen-bond donors (Lipinski definition) is 1. The van der Waals surface area contributed by atoms with Gasteiger partial charge in [-0.2, -0.15) is 0 Å². The molecule has 2 amide bonds. The Labute approximate surface area is 219 Å². The first-order chi connectivity index (χ1) is 17.5. The Balaban J connectivity index is 1.81. The summed E-state index contributed by atoms with van der Waals surface area (Å²) < 4.78 is 2.13. The third-order valence-electron chi connectivity index (χ3n) is 6.03. The molecule has 36 heavy (non-hydrogen) atoms. The van der Waals surface area contributed by atoms with Gasteiger partial charge < -0.3 is 4.57 Å². The molecule has 0 atom stereocenters. The van der Waals surface area contributed by atoms with Crippen molar-refractivity contribution in [2.24, 2.45) is 0 Å². The van der Waals surface area contributed by atoms with Crippen LogP contribution in [0.4, 0.5) is 0 Å². The zero-order valence-electron chi connectivity index (χ0n) is 19.4. The van der Waals surface area contributed by atoms with E-state index in [4.69, 9.17) is 23.8 Å². The van der Waals surface area contributed by atoms with Gasteiger partial charge in [0.2, 0.25) is 0 Å². The van der Waals surface area contributed by atoms with Crippen molar-refractivity contribution in [3.05, 3.63) is 107 Å². The van der Waals surface area contributed by atoms with E-state index in [1.165, 1.54) is 4.90 Å². The first-order valence-corrected chi connectivity index (χ1v) is 12.3. The van der Waals surface area contributed by atoms with Crippen molar-refractivity contribution < 1.29 is 9.59 Å². The molecule has 1 N–H and O–H groups in total. The van der Waals surface area contributed by atoms with Crippen molar-refractivity contribution in [2.75, 3.05) is 6.54 Å². The fraction of sp³-hybridized carbons (Fsp3) is 0.0690. The number of thiocarbonyl (C=S) groups is 1. The van der Waals surface area contributed by atoms with Crippen molar-refractivity contribution in [2.45, 2.75) is 6.92 Å². The Kier molecular flexibility index (Phi) is 6.55. The number of hydrogen-bond acceptors (Lipinski definition) is 3. The van der Waals surface area contributed by atoms with Gasteiger partial charge in [-0.25, -0.2) is 0 Å². The van der Waals surface area contributed by atoms with Crippen LogP contribution in [0.5, 0.6) is 0 Å². The average Bonchev–Trinajstić information content (AvgIpc) is 3.27. The molecule has 2 heterocycles. The second-order valence-electron chi connectivity index (χ2n) is 8.24. The number of aromatic nitrogens is 1. The van der Waals surface area contributed by atoms with Crippen molar-refractivity contribution in [3.8, 4) is 28.2 Å². The molecule has 0 spiro atoms. The fourth-order valence-electron chi connectivity index (χ4n) is 4.35. The Morgan fingerprint density at radius 3 is 2.11 bits per heavy atom. The summed E-state index contributed by atoms with van der Waals surface area (Å²) in [6, 6.07) is 29.5. The van der Waals surface area contributed by atoms with Gasteiger partial charge in [-0.15, -0.1) is 0 Å². The van der Waals surface area contributed by atoms with Crippen LogP contribution >= 0.6 is 23.8 Å². The van der Waals surface area contributed by atoms with Gasteiger partial charge in [0, 0.05) is 22.8 Å². The van der Waals surface area contributed by atoms with Crippen molar-refractivity contribution in [1.82, 2.24) is 14.8 Å². The summed E-state index contributed by atoms with van der Waals surface area (Å²) in [7, 11) is 0. The topological polar surface area (TPSA) is 54.3 Å². The molecule has 5 nitrogen and oxygen atoms in total. The second-order valence-corrected chi connectivity index (χ2v) is 9.07.